The number of fused-ring (bicyclic) bond motifs is 2. The molecule has 0 radical (unpaired) electrons. The van der Waals surface area contributed by atoms with Crippen molar-refractivity contribution in [1.29, 1.82) is 5.26 Å². The van der Waals surface area contributed by atoms with Gasteiger partial charge in [0.05, 0.1) is 30.8 Å². The first kappa shape index (κ1) is 31.9. The average molecular weight is 623 g/mol. The van der Waals surface area contributed by atoms with E-state index >= 15 is 0 Å². The monoisotopic (exact) mass is 622 g/mol. The Balaban J connectivity index is 1.30. The van der Waals surface area contributed by atoms with Gasteiger partial charge in [0, 0.05) is 62.0 Å². The number of hydrogen-bond acceptors (Lipinski definition) is 9. The van der Waals surface area contributed by atoms with Crippen LogP contribution in [0.2, 0.25) is 0 Å². The zero-order valence-electron chi connectivity index (χ0n) is 27.7. The maximum atomic E-state index is 13.2. The fourth-order valence-corrected chi connectivity index (χ4v) is 7.10. The van der Waals surface area contributed by atoms with Crippen LogP contribution in [0.15, 0.2) is 48.6 Å². The lowest BCUT2D eigenvalue weighted by molar-refractivity contribution is -0.128. The first-order valence-corrected chi connectivity index (χ1v) is 16.5. The van der Waals surface area contributed by atoms with E-state index in [4.69, 9.17) is 14.7 Å². The highest BCUT2D eigenvalue weighted by Crippen LogP contribution is 2.35. The highest BCUT2D eigenvalue weighted by molar-refractivity contribution is 5.97. The summed E-state index contributed by atoms with van der Waals surface area (Å²) in [4.78, 5) is 34.3. The van der Waals surface area contributed by atoms with Crippen molar-refractivity contribution in [3.05, 3.63) is 71.2 Å². The van der Waals surface area contributed by atoms with Crippen molar-refractivity contribution >= 4 is 28.2 Å². The number of rotatable bonds is 9. The van der Waals surface area contributed by atoms with Crippen LogP contribution >= 0.6 is 0 Å². The van der Waals surface area contributed by atoms with Gasteiger partial charge in [-0.05, 0) is 64.3 Å². The minimum atomic E-state index is -0.216. The van der Waals surface area contributed by atoms with E-state index in [2.05, 4.69) is 71.1 Å². The van der Waals surface area contributed by atoms with Gasteiger partial charge in [0.2, 0.25) is 5.91 Å². The first-order chi connectivity index (χ1) is 22.3. The maximum Gasteiger partial charge on any atom is 0.246 e. The number of carbonyl (C=O) groups is 1. The van der Waals surface area contributed by atoms with Crippen molar-refractivity contribution in [3.8, 4) is 6.07 Å². The number of piperazine rings is 1. The van der Waals surface area contributed by atoms with Gasteiger partial charge in [-0.3, -0.25) is 9.69 Å². The van der Waals surface area contributed by atoms with Gasteiger partial charge in [0.25, 0.3) is 0 Å². The second-order valence-corrected chi connectivity index (χ2v) is 13.1. The highest BCUT2D eigenvalue weighted by atomic mass is 16.5. The van der Waals surface area contributed by atoms with Crippen LogP contribution in [0, 0.1) is 18.3 Å². The van der Waals surface area contributed by atoms with Crippen molar-refractivity contribution in [3.63, 3.8) is 0 Å². The third-order valence-electron chi connectivity index (χ3n) is 9.50. The summed E-state index contributed by atoms with van der Waals surface area (Å²) in [6.45, 7) is 7.54. The van der Waals surface area contributed by atoms with Gasteiger partial charge in [0.1, 0.15) is 18.7 Å². The molecule has 0 bridgehead atoms. The molecule has 0 saturated carbocycles. The standard InChI is InChI=1S/C36H46N8O2/c1-26-9-5-10-27-11-6-12-31(35(26)27)42-20-16-29-30(24-42)38-32(25-46-34-14-8-19-41(34)4)39-36(29)43-21-22-44(28(23-43)15-17-37)33(45)13-7-18-40(2)3/h5-7,9-13,28,34H,8,14-16,18-25H2,1-4H3/b13-7+/t28-,34+/m0/s1. The van der Waals surface area contributed by atoms with Crippen LogP contribution in [0.1, 0.15) is 41.9 Å². The largest absolute Gasteiger partial charge is 0.365 e. The Morgan fingerprint density at radius 1 is 1.11 bits per heavy atom. The molecule has 1 aromatic heterocycles. The van der Waals surface area contributed by atoms with E-state index in [1.165, 1.54) is 22.0 Å². The first-order valence-electron chi connectivity index (χ1n) is 16.5. The fourth-order valence-electron chi connectivity index (χ4n) is 7.10. The predicted molar refractivity (Wildman–Crippen MR) is 182 cm³/mol. The molecule has 2 aromatic carbocycles. The predicted octanol–water partition coefficient (Wildman–Crippen LogP) is 4.12. The highest BCUT2D eigenvalue weighted by Gasteiger charge is 2.33. The topological polar surface area (TPSA) is 92.1 Å². The van der Waals surface area contributed by atoms with Crippen molar-refractivity contribution in [1.82, 2.24) is 24.7 Å². The lowest BCUT2D eigenvalue weighted by Gasteiger charge is -2.42. The molecule has 2 atom stereocenters. The third kappa shape index (κ3) is 6.87. The Labute approximate surface area is 272 Å². The molecule has 0 unspecified atom stereocenters. The van der Waals surface area contributed by atoms with Crippen LogP contribution < -0.4 is 9.80 Å². The van der Waals surface area contributed by atoms with Crippen LogP contribution in [0.25, 0.3) is 10.8 Å². The molecule has 3 aromatic rings. The molecule has 0 spiro atoms. The minimum Gasteiger partial charge on any atom is -0.365 e. The summed E-state index contributed by atoms with van der Waals surface area (Å²) in [6, 6.07) is 15.1. The summed E-state index contributed by atoms with van der Waals surface area (Å²) >= 11 is 0. The van der Waals surface area contributed by atoms with Crippen LogP contribution in [-0.2, 0) is 29.1 Å². The summed E-state index contributed by atoms with van der Waals surface area (Å²) < 4.78 is 6.34. The normalized spacial score (nSPS) is 20.6. The quantitative estimate of drug-likeness (QED) is 0.327. The number of likely N-dealkylation sites (N-methyl/N-ethyl adjacent to an activating group) is 1. The van der Waals surface area contributed by atoms with E-state index in [1.54, 1.807) is 6.08 Å². The number of anilines is 2. The molecule has 6 rings (SSSR count). The molecule has 3 aliphatic rings. The van der Waals surface area contributed by atoms with Crippen molar-refractivity contribution in [2.24, 2.45) is 0 Å². The molecule has 2 saturated heterocycles. The molecule has 4 heterocycles. The Hall–Kier alpha value is -4.04. The number of nitrogens with zero attached hydrogens (tertiary/aromatic N) is 8. The van der Waals surface area contributed by atoms with E-state index in [1.807, 2.05) is 30.0 Å². The number of aromatic nitrogens is 2. The molecule has 242 valence electrons. The molecule has 2 fully saturated rings. The zero-order valence-corrected chi connectivity index (χ0v) is 27.7. The van der Waals surface area contributed by atoms with Gasteiger partial charge < -0.3 is 24.3 Å². The van der Waals surface area contributed by atoms with E-state index < -0.39 is 0 Å². The second-order valence-electron chi connectivity index (χ2n) is 13.1. The average Bonchev–Trinajstić information content (AvgIpc) is 3.47. The lowest BCUT2D eigenvalue weighted by Crippen LogP contribution is -2.55. The smallest absolute Gasteiger partial charge is 0.246 e. The number of aryl methyl sites for hydroxylation is 1. The maximum absolute atomic E-state index is 13.2. The van der Waals surface area contributed by atoms with Crippen molar-refractivity contribution in [2.75, 3.05) is 70.2 Å². The summed E-state index contributed by atoms with van der Waals surface area (Å²) in [7, 11) is 6.05. The number of benzene rings is 2. The molecular formula is C36H46N8O2. The van der Waals surface area contributed by atoms with Gasteiger partial charge in [0.15, 0.2) is 5.82 Å². The Morgan fingerprint density at radius 3 is 2.70 bits per heavy atom. The number of ether oxygens (including phenoxy) is 1. The number of amides is 1. The van der Waals surface area contributed by atoms with E-state index in [-0.39, 0.29) is 24.6 Å². The van der Waals surface area contributed by atoms with E-state index in [9.17, 15) is 10.1 Å². The number of likely N-dealkylation sites (tertiary alicyclic amines) is 1. The zero-order chi connectivity index (χ0) is 32.2. The lowest BCUT2D eigenvalue weighted by atomic mass is 9.99. The fraction of sp³-hybridized carbons (Fsp3) is 0.500. The Morgan fingerprint density at radius 2 is 1.93 bits per heavy atom. The molecule has 0 N–H and O–H groups in total. The number of hydrogen-bond donors (Lipinski definition) is 0. The van der Waals surface area contributed by atoms with Crippen LogP contribution in [-0.4, -0.2) is 103 Å². The van der Waals surface area contributed by atoms with Crippen molar-refractivity contribution < 1.29 is 9.53 Å². The van der Waals surface area contributed by atoms with Crippen LogP contribution in [0.5, 0.6) is 0 Å². The second kappa shape index (κ2) is 14.2. The molecule has 0 aliphatic carbocycles. The van der Waals surface area contributed by atoms with E-state index in [0.717, 1.165) is 49.4 Å². The summed E-state index contributed by atoms with van der Waals surface area (Å²) in [5.74, 6) is 1.57. The Bertz CT molecular complexity index is 1630. The molecule has 10 nitrogen and oxygen atoms in total. The van der Waals surface area contributed by atoms with Gasteiger partial charge in [-0.1, -0.05) is 36.4 Å². The van der Waals surface area contributed by atoms with Crippen LogP contribution in [0.4, 0.5) is 11.5 Å². The minimum absolute atomic E-state index is 0.0396. The van der Waals surface area contributed by atoms with E-state index in [0.29, 0.717) is 45.2 Å². The number of nitriles is 1. The SMILES string of the molecule is Cc1cccc2cccc(N3CCc4c(nc(CO[C@@H]5CCCN5C)nc4N4CCN(C(=O)/C=C/CN(C)C)[C@@H](CC#N)C4)C3)c12. The van der Waals surface area contributed by atoms with Crippen LogP contribution in [0.3, 0.4) is 0 Å². The number of carbonyl (C=O) groups excluding carboxylic acids is 1. The molecule has 46 heavy (non-hydrogen) atoms. The molecule has 3 aliphatic heterocycles. The molecule has 10 heteroatoms. The summed E-state index contributed by atoms with van der Waals surface area (Å²) in [5, 5.41) is 12.2. The van der Waals surface area contributed by atoms with Gasteiger partial charge in [-0.25, -0.2) is 9.97 Å². The summed E-state index contributed by atoms with van der Waals surface area (Å²) in [5.41, 5.74) is 4.69. The van der Waals surface area contributed by atoms with Gasteiger partial charge in [-0.2, -0.15) is 5.26 Å². The van der Waals surface area contributed by atoms with Crippen molar-refractivity contribution in [2.45, 2.75) is 58.0 Å². The van der Waals surface area contributed by atoms with Gasteiger partial charge in [-0.15, -0.1) is 0 Å². The van der Waals surface area contributed by atoms with Gasteiger partial charge >= 0.3 is 0 Å². The molecule has 1 amide bonds. The molecular weight excluding hydrogens is 576 g/mol. The summed E-state index contributed by atoms with van der Waals surface area (Å²) in [6.07, 6.45) is 6.83. The third-order valence-corrected chi connectivity index (χ3v) is 9.50. The Kier molecular flexibility index (Phi) is 9.83.